The summed E-state index contributed by atoms with van der Waals surface area (Å²) in [7, 11) is 0. The second-order valence-corrected chi connectivity index (χ2v) is 14.2. The summed E-state index contributed by atoms with van der Waals surface area (Å²) in [5.74, 6) is 0. The largest absolute Gasteiger partial charge is 0.308 e. The van der Waals surface area contributed by atoms with Gasteiger partial charge in [0.05, 0.1) is 40.3 Å². The minimum Gasteiger partial charge on any atom is -0.308 e. The molecule has 0 aliphatic heterocycles. The molecule has 0 saturated carbocycles. The number of rotatable bonds is 8. The van der Waals surface area contributed by atoms with Gasteiger partial charge in [0.1, 0.15) is 0 Å². The van der Waals surface area contributed by atoms with Gasteiger partial charge in [0.25, 0.3) is 0 Å². The van der Waals surface area contributed by atoms with Crippen molar-refractivity contribution in [1.82, 2.24) is 29.1 Å². The first-order valence-electron chi connectivity index (χ1n) is 19.0. The molecule has 0 atom stereocenters. The van der Waals surface area contributed by atoms with E-state index >= 15 is 0 Å². The molecule has 0 radical (unpaired) electrons. The van der Waals surface area contributed by atoms with Gasteiger partial charge in [-0.15, -0.1) is 0 Å². The molecule has 10 rings (SSSR count). The van der Waals surface area contributed by atoms with E-state index in [1.807, 2.05) is 73.6 Å². The summed E-state index contributed by atoms with van der Waals surface area (Å²) in [5, 5.41) is 3.46. The van der Waals surface area contributed by atoms with E-state index < -0.39 is 0 Å². The fourth-order valence-corrected chi connectivity index (χ4v) is 7.97. The molecule has 0 aliphatic carbocycles. The minimum atomic E-state index is 0.913. The van der Waals surface area contributed by atoms with Crippen LogP contribution in [-0.2, 0) is 0 Å². The molecule has 0 fully saturated rings. The number of benzene rings is 4. The second kappa shape index (κ2) is 14.2. The Bertz CT molecular complexity index is 3150. The fraction of sp³-hybridized carbons (Fsp3) is 0.0196. The van der Waals surface area contributed by atoms with Crippen molar-refractivity contribution in [1.29, 1.82) is 0 Å². The predicted molar refractivity (Wildman–Crippen MR) is 234 cm³/mol. The zero-order valence-electron chi connectivity index (χ0n) is 31.3. The van der Waals surface area contributed by atoms with Gasteiger partial charge in [0.2, 0.25) is 0 Å². The van der Waals surface area contributed by atoms with Gasteiger partial charge in [-0.2, -0.15) is 0 Å². The summed E-state index contributed by atoms with van der Waals surface area (Å²) in [4.78, 5) is 18.3. The van der Waals surface area contributed by atoms with Crippen LogP contribution >= 0.6 is 0 Å². The van der Waals surface area contributed by atoms with Gasteiger partial charge in [-0.25, -0.2) is 0 Å². The average molecular weight is 733 g/mol. The van der Waals surface area contributed by atoms with Crippen LogP contribution in [0.25, 0.3) is 89.4 Å². The molecule has 0 amide bonds. The number of allylic oxidation sites excluding steroid dienone is 2. The molecule has 6 aromatic heterocycles. The van der Waals surface area contributed by atoms with Crippen molar-refractivity contribution in [2.75, 3.05) is 0 Å². The topological polar surface area (TPSA) is 61.4 Å². The Hall–Kier alpha value is -7.70. The van der Waals surface area contributed by atoms with E-state index in [0.29, 0.717) is 0 Å². The van der Waals surface area contributed by atoms with E-state index in [1.165, 1.54) is 10.9 Å². The van der Waals surface area contributed by atoms with Crippen LogP contribution in [0.4, 0.5) is 0 Å². The smallest absolute Gasteiger partial charge is 0.0724 e. The lowest BCUT2D eigenvalue weighted by molar-refractivity contribution is 1.07. The summed E-state index contributed by atoms with van der Waals surface area (Å²) >= 11 is 0. The number of aryl methyl sites for hydroxylation is 1. The quantitative estimate of drug-likeness (QED) is 0.146. The van der Waals surface area contributed by atoms with Gasteiger partial charge in [0.15, 0.2) is 0 Å². The third-order valence-electron chi connectivity index (χ3n) is 10.8. The van der Waals surface area contributed by atoms with E-state index in [1.54, 1.807) is 0 Å². The summed E-state index contributed by atoms with van der Waals surface area (Å²) in [6.45, 7) is 6.64. The van der Waals surface area contributed by atoms with Crippen molar-refractivity contribution < 1.29 is 0 Å². The number of hydrogen-bond donors (Lipinski definition) is 0. The molecule has 4 aromatic carbocycles. The molecule has 270 valence electrons. The Balaban J connectivity index is 1.06. The molecular formula is C51H36N6. The first kappa shape index (κ1) is 33.8. The zero-order chi connectivity index (χ0) is 38.3. The highest BCUT2D eigenvalue weighted by Gasteiger charge is 2.18. The Morgan fingerprint density at radius 2 is 1.14 bits per heavy atom. The monoisotopic (exact) mass is 732 g/mol. The highest BCUT2D eigenvalue weighted by molar-refractivity contribution is 6.10. The van der Waals surface area contributed by atoms with Crippen molar-refractivity contribution in [3.63, 3.8) is 0 Å². The fourth-order valence-electron chi connectivity index (χ4n) is 7.97. The summed E-state index contributed by atoms with van der Waals surface area (Å²) in [6, 6.07) is 48.6. The molecule has 10 aromatic rings. The van der Waals surface area contributed by atoms with Gasteiger partial charge < -0.3 is 9.13 Å². The summed E-state index contributed by atoms with van der Waals surface area (Å²) in [6.07, 6.45) is 15.6. The predicted octanol–water partition coefficient (Wildman–Crippen LogP) is 12.3. The molecule has 0 unspecified atom stereocenters. The molecular weight excluding hydrogens is 697 g/mol. The van der Waals surface area contributed by atoms with E-state index in [0.717, 1.165) is 89.2 Å². The molecule has 6 heterocycles. The van der Waals surface area contributed by atoms with Crippen LogP contribution in [0.5, 0.6) is 0 Å². The lowest BCUT2D eigenvalue weighted by Gasteiger charge is -2.14. The molecule has 6 heteroatoms. The molecule has 0 aliphatic rings. The number of aromatic nitrogens is 6. The molecule has 0 bridgehead atoms. The van der Waals surface area contributed by atoms with Gasteiger partial charge in [0, 0.05) is 69.1 Å². The van der Waals surface area contributed by atoms with Crippen LogP contribution in [0.3, 0.4) is 0 Å². The van der Waals surface area contributed by atoms with E-state index in [4.69, 9.17) is 0 Å². The Morgan fingerprint density at radius 1 is 0.509 bits per heavy atom. The SMILES string of the molecule is C=C(/C=C\c1c(C)c2ccncc2n1-c1cccc(-n2c3ccc(-c4cccc(-c5ccccn5)c4)cc3c3ccncc32)c1)c1cccc(-c2ccccn2)c1. The second-order valence-electron chi connectivity index (χ2n) is 14.2. The number of pyridine rings is 4. The minimum absolute atomic E-state index is 0.913. The maximum atomic E-state index is 4.59. The van der Waals surface area contributed by atoms with Crippen molar-refractivity contribution in [2.24, 2.45) is 0 Å². The Kier molecular flexibility index (Phi) is 8.42. The number of hydrogen-bond acceptors (Lipinski definition) is 4. The van der Waals surface area contributed by atoms with Crippen LogP contribution in [0, 0.1) is 6.92 Å². The number of nitrogens with zero attached hydrogens (tertiary/aromatic N) is 6. The normalized spacial score (nSPS) is 11.6. The van der Waals surface area contributed by atoms with Crippen LogP contribution < -0.4 is 0 Å². The summed E-state index contributed by atoms with van der Waals surface area (Å²) in [5.41, 5.74) is 15.8. The van der Waals surface area contributed by atoms with Crippen LogP contribution in [-0.4, -0.2) is 29.1 Å². The van der Waals surface area contributed by atoms with Gasteiger partial charge in [-0.05, 0) is 120 Å². The van der Waals surface area contributed by atoms with E-state index in [9.17, 15) is 0 Å². The Morgan fingerprint density at radius 3 is 1.88 bits per heavy atom. The van der Waals surface area contributed by atoms with Gasteiger partial charge in [-0.1, -0.05) is 73.3 Å². The van der Waals surface area contributed by atoms with Crippen LogP contribution in [0.1, 0.15) is 16.8 Å². The van der Waals surface area contributed by atoms with E-state index in [-0.39, 0.29) is 0 Å². The van der Waals surface area contributed by atoms with Crippen molar-refractivity contribution in [3.05, 3.63) is 206 Å². The zero-order valence-corrected chi connectivity index (χ0v) is 31.3. The molecule has 0 N–H and O–H groups in total. The van der Waals surface area contributed by atoms with Crippen molar-refractivity contribution in [3.8, 4) is 45.0 Å². The lowest BCUT2D eigenvalue weighted by atomic mass is 10.00. The maximum Gasteiger partial charge on any atom is 0.0724 e. The highest BCUT2D eigenvalue weighted by atomic mass is 15.0. The van der Waals surface area contributed by atoms with Gasteiger partial charge >= 0.3 is 0 Å². The third kappa shape index (κ3) is 6.10. The molecule has 0 spiro atoms. The molecule has 0 saturated heterocycles. The first-order chi connectivity index (χ1) is 28.1. The maximum absolute atomic E-state index is 4.59. The van der Waals surface area contributed by atoms with Crippen LogP contribution in [0.15, 0.2) is 189 Å². The first-order valence-corrected chi connectivity index (χ1v) is 19.0. The van der Waals surface area contributed by atoms with Crippen LogP contribution in [0.2, 0.25) is 0 Å². The number of fused-ring (bicyclic) bond motifs is 4. The Labute approximate surface area is 330 Å². The molecule has 57 heavy (non-hydrogen) atoms. The third-order valence-corrected chi connectivity index (χ3v) is 10.8. The van der Waals surface area contributed by atoms with E-state index in [2.05, 4.69) is 158 Å². The van der Waals surface area contributed by atoms with Crippen molar-refractivity contribution >= 4 is 44.4 Å². The lowest BCUT2D eigenvalue weighted by Crippen LogP contribution is -2.00. The van der Waals surface area contributed by atoms with Gasteiger partial charge in [-0.3, -0.25) is 19.9 Å². The summed E-state index contributed by atoms with van der Waals surface area (Å²) < 4.78 is 4.62. The van der Waals surface area contributed by atoms with Crippen molar-refractivity contribution in [2.45, 2.75) is 6.92 Å². The standard InChI is InChI=1S/C51H36N6/c1-34(36-10-7-12-39(28-36)46-16-3-5-24-54-46)18-20-48-35(2)43-22-26-52-32-50(43)56(48)41-14-9-15-42(31-41)57-49-21-19-38(30-45(49)44-23-27-53-33-51(44)57)37-11-8-13-40(29-37)47-17-4-6-25-55-47/h3-33H,1H2,2H3/b20-18-. The average Bonchev–Trinajstić information content (AvgIpc) is 3.77. The molecule has 6 nitrogen and oxygen atoms in total. The highest BCUT2D eigenvalue weighted by Crippen LogP contribution is 2.37.